The third kappa shape index (κ3) is 5.44. The van der Waals surface area contributed by atoms with Gasteiger partial charge < -0.3 is 15.6 Å². The summed E-state index contributed by atoms with van der Waals surface area (Å²) < 4.78 is 2.19. The Bertz CT molecular complexity index is 1250. The molecule has 2 aromatic carbocycles. The molecule has 4 rings (SSSR count). The van der Waals surface area contributed by atoms with Crippen molar-refractivity contribution in [2.75, 3.05) is 11.1 Å². The van der Waals surface area contributed by atoms with Crippen LogP contribution in [-0.4, -0.2) is 15.5 Å². The molecule has 0 aliphatic carbocycles. The molecule has 2 heterocycles. The molecular formula is C27H27ClN4O. The van der Waals surface area contributed by atoms with Crippen LogP contribution in [-0.2, 0) is 11.3 Å². The molecule has 0 fully saturated rings. The smallest absolute Gasteiger partial charge is 0.224 e. The number of hydrogen-bond acceptors (Lipinski definition) is 3. The summed E-state index contributed by atoms with van der Waals surface area (Å²) in [7, 11) is 0. The van der Waals surface area contributed by atoms with Crippen LogP contribution < -0.4 is 11.1 Å². The second kappa shape index (κ2) is 10.4. The maximum atomic E-state index is 12.1. The van der Waals surface area contributed by atoms with Gasteiger partial charge in [0, 0.05) is 28.4 Å². The molecule has 1 amide bonds. The van der Waals surface area contributed by atoms with E-state index in [-0.39, 0.29) is 5.91 Å². The van der Waals surface area contributed by atoms with Crippen molar-refractivity contribution in [3.8, 4) is 22.5 Å². The van der Waals surface area contributed by atoms with Crippen LogP contribution in [0.5, 0.6) is 0 Å². The second-order valence-corrected chi connectivity index (χ2v) is 8.36. The number of nitrogen functional groups attached to an aromatic ring is 1. The third-order valence-corrected chi connectivity index (χ3v) is 5.83. The summed E-state index contributed by atoms with van der Waals surface area (Å²) in [6.45, 7) is 2.62. The van der Waals surface area contributed by atoms with Gasteiger partial charge in [0.15, 0.2) is 0 Å². The Morgan fingerprint density at radius 2 is 1.73 bits per heavy atom. The number of rotatable bonds is 8. The highest BCUT2D eigenvalue weighted by Gasteiger charge is 2.15. The number of halogens is 1. The quantitative estimate of drug-likeness (QED) is 0.311. The average molecular weight is 459 g/mol. The van der Waals surface area contributed by atoms with Crippen molar-refractivity contribution in [2.45, 2.75) is 32.7 Å². The number of carbonyl (C=O) groups is 1. The lowest BCUT2D eigenvalue weighted by atomic mass is 10.1. The molecule has 0 unspecified atom stereocenters. The first kappa shape index (κ1) is 22.6. The van der Waals surface area contributed by atoms with Crippen molar-refractivity contribution in [2.24, 2.45) is 0 Å². The van der Waals surface area contributed by atoms with Gasteiger partial charge in [0.2, 0.25) is 5.91 Å². The van der Waals surface area contributed by atoms with E-state index < -0.39 is 0 Å². The lowest BCUT2D eigenvalue weighted by molar-refractivity contribution is -0.116. The van der Waals surface area contributed by atoms with Crippen LogP contribution in [0.3, 0.4) is 0 Å². The lowest BCUT2D eigenvalue weighted by Gasteiger charge is -2.15. The van der Waals surface area contributed by atoms with Gasteiger partial charge in [-0.05, 0) is 54.4 Å². The van der Waals surface area contributed by atoms with E-state index in [2.05, 4.69) is 33.9 Å². The summed E-state index contributed by atoms with van der Waals surface area (Å²) in [6, 6.07) is 25.5. The minimum absolute atomic E-state index is 0.0433. The zero-order valence-electron chi connectivity index (χ0n) is 18.6. The number of aromatic nitrogens is 2. The average Bonchev–Trinajstić information content (AvgIpc) is 3.21. The number of carbonyl (C=O) groups excluding carboxylic acids is 1. The summed E-state index contributed by atoms with van der Waals surface area (Å²) in [5.74, 6) is 0.533. The Balaban J connectivity index is 1.69. The number of benzene rings is 2. The van der Waals surface area contributed by atoms with Gasteiger partial charge in [-0.3, -0.25) is 4.79 Å². The van der Waals surface area contributed by atoms with Crippen molar-refractivity contribution in [3.05, 3.63) is 89.6 Å². The van der Waals surface area contributed by atoms with E-state index in [1.54, 1.807) is 6.07 Å². The largest absolute Gasteiger partial charge is 0.384 e. The minimum Gasteiger partial charge on any atom is -0.384 e. The number of pyridine rings is 1. The number of hydrogen-bond donors (Lipinski definition) is 2. The number of nitrogens with zero attached hydrogens (tertiary/aromatic N) is 2. The molecule has 3 N–H and O–H groups in total. The van der Waals surface area contributed by atoms with Crippen LogP contribution in [0.4, 0.5) is 11.5 Å². The first-order valence-corrected chi connectivity index (χ1v) is 11.5. The molecule has 0 bridgehead atoms. The van der Waals surface area contributed by atoms with Gasteiger partial charge in [-0.15, -0.1) is 0 Å². The van der Waals surface area contributed by atoms with E-state index >= 15 is 0 Å². The highest BCUT2D eigenvalue weighted by atomic mass is 35.5. The highest BCUT2D eigenvalue weighted by Crippen LogP contribution is 2.34. The molecule has 33 heavy (non-hydrogen) atoms. The highest BCUT2D eigenvalue weighted by molar-refractivity contribution is 6.33. The molecule has 168 valence electrons. The summed E-state index contributed by atoms with van der Waals surface area (Å²) in [5.41, 5.74) is 11.6. The number of nitrogens with two attached hydrogens (primary N) is 1. The van der Waals surface area contributed by atoms with Gasteiger partial charge in [-0.1, -0.05) is 61.3 Å². The Hall–Kier alpha value is -3.57. The van der Waals surface area contributed by atoms with Gasteiger partial charge in [0.1, 0.15) is 5.82 Å². The van der Waals surface area contributed by atoms with Crippen molar-refractivity contribution >= 4 is 29.0 Å². The molecule has 0 radical (unpaired) electrons. The van der Waals surface area contributed by atoms with Crippen LogP contribution in [0.2, 0.25) is 5.02 Å². The molecule has 0 saturated heterocycles. The van der Waals surface area contributed by atoms with Gasteiger partial charge >= 0.3 is 0 Å². The van der Waals surface area contributed by atoms with Crippen LogP contribution in [0, 0.1) is 0 Å². The van der Waals surface area contributed by atoms with Crippen molar-refractivity contribution in [1.29, 1.82) is 0 Å². The number of amides is 1. The summed E-state index contributed by atoms with van der Waals surface area (Å²) in [4.78, 5) is 16.5. The molecule has 0 saturated carbocycles. The topological polar surface area (TPSA) is 72.9 Å². The monoisotopic (exact) mass is 458 g/mol. The normalized spacial score (nSPS) is 10.8. The number of anilines is 2. The zero-order valence-corrected chi connectivity index (χ0v) is 19.3. The van der Waals surface area contributed by atoms with Gasteiger partial charge in [0.05, 0.1) is 17.9 Å². The van der Waals surface area contributed by atoms with Crippen molar-refractivity contribution in [1.82, 2.24) is 9.55 Å². The lowest BCUT2D eigenvalue weighted by Crippen LogP contribution is -2.10. The maximum absolute atomic E-state index is 12.1. The summed E-state index contributed by atoms with van der Waals surface area (Å²) in [6.07, 6.45) is 2.43. The third-order valence-electron chi connectivity index (χ3n) is 5.50. The molecule has 0 aliphatic heterocycles. The Labute approximate surface area is 199 Å². The fourth-order valence-corrected chi connectivity index (χ4v) is 4.06. The number of nitrogens with one attached hydrogen (secondary N) is 1. The Morgan fingerprint density at radius 3 is 2.45 bits per heavy atom. The van der Waals surface area contributed by atoms with E-state index in [1.165, 1.54) is 0 Å². The minimum atomic E-state index is 0.0433. The predicted octanol–water partition coefficient (Wildman–Crippen LogP) is 6.63. The maximum Gasteiger partial charge on any atom is 0.224 e. The molecule has 0 atom stereocenters. The molecule has 2 aromatic heterocycles. The molecule has 0 spiro atoms. The fourth-order valence-electron chi connectivity index (χ4n) is 3.83. The predicted molar refractivity (Wildman–Crippen MR) is 136 cm³/mol. The fraction of sp³-hybridized carbons (Fsp3) is 0.185. The summed E-state index contributed by atoms with van der Waals surface area (Å²) >= 11 is 6.53. The number of unbranched alkanes of at least 4 members (excludes halogenated alkanes) is 1. The SMILES string of the molecule is CCCCC(=O)Nc1ccc(-c2ccc(-c3ccccc3Cl)n2Cc2cccc(N)n2)cc1. The van der Waals surface area contributed by atoms with Gasteiger partial charge in [0.25, 0.3) is 0 Å². The molecular weight excluding hydrogens is 432 g/mol. The van der Waals surface area contributed by atoms with Crippen LogP contribution >= 0.6 is 11.6 Å². The van der Waals surface area contributed by atoms with Crippen LogP contribution in [0.1, 0.15) is 31.9 Å². The van der Waals surface area contributed by atoms with Crippen LogP contribution in [0.15, 0.2) is 78.9 Å². The molecule has 5 nitrogen and oxygen atoms in total. The van der Waals surface area contributed by atoms with Crippen molar-refractivity contribution in [3.63, 3.8) is 0 Å². The van der Waals surface area contributed by atoms with E-state index in [9.17, 15) is 4.79 Å². The second-order valence-electron chi connectivity index (χ2n) is 7.95. The van der Waals surface area contributed by atoms with Gasteiger partial charge in [-0.2, -0.15) is 0 Å². The first-order valence-electron chi connectivity index (χ1n) is 11.1. The Morgan fingerprint density at radius 1 is 0.970 bits per heavy atom. The van der Waals surface area contributed by atoms with E-state index in [0.29, 0.717) is 23.8 Å². The summed E-state index contributed by atoms with van der Waals surface area (Å²) in [5, 5.41) is 3.66. The van der Waals surface area contributed by atoms with Crippen molar-refractivity contribution < 1.29 is 4.79 Å². The van der Waals surface area contributed by atoms with E-state index in [0.717, 1.165) is 46.7 Å². The first-order chi connectivity index (χ1) is 16.0. The van der Waals surface area contributed by atoms with Gasteiger partial charge in [-0.25, -0.2) is 4.98 Å². The van der Waals surface area contributed by atoms with E-state index in [1.807, 2.05) is 60.7 Å². The standard InChI is InChI=1S/C27H27ClN4O/c1-2-3-11-27(33)31-20-14-12-19(13-15-20)24-16-17-25(22-8-4-5-9-23(22)28)32(24)18-21-7-6-10-26(29)30-21/h4-10,12-17H,2-3,11,18H2,1H3,(H2,29,30)(H,31,33). The molecule has 4 aromatic rings. The molecule has 6 heteroatoms. The van der Waals surface area contributed by atoms with Crippen LogP contribution in [0.25, 0.3) is 22.5 Å². The molecule has 0 aliphatic rings. The van der Waals surface area contributed by atoms with E-state index in [4.69, 9.17) is 17.3 Å². The zero-order chi connectivity index (χ0) is 23.2. The Kier molecular flexibility index (Phi) is 7.10.